The summed E-state index contributed by atoms with van der Waals surface area (Å²) in [5, 5.41) is 2.88. The summed E-state index contributed by atoms with van der Waals surface area (Å²) in [6, 6.07) is 15.5. The van der Waals surface area contributed by atoms with Gasteiger partial charge in [0.05, 0.1) is 31.1 Å². The van der Waals surface area contributed by atoms with Crippen molar-refractivity contribution in [2.75, 3.05) is 13.7 Å². The third kappa shape index (κ3) is 3.55. The highest BCUT2D eigenvalue weighted by Crippen LogP contribution is 2.35. The van der Waals surface area contributed by atoms with Crippen molar-refractivity contribution in [3.63, 3.8) is 0 Å². The molecule has 0 fully saturated rings. The van der Waals surface area contributed by atoms with Crippen LogP contribution in [0.5, 0.6) is 11.5 Å². The number of hydrogen-bond acceptors (Lipinski definition) is 4. The normalized spacial score (nSPS) is 12.6. The van der Waals surface area contributed by atoms with Gasteiger partial charge >= 0.3 is 0 Å². The third-order valence-electron chi connectivity index (χ3n) is 4.35. The maximum Gasteiger partial charge on any atom is 0.251 e. The number of carbonyl (C=O) groups excluding carboxylic acids is 1. The summed E-state index contributed by atoms with van der Waals surface area (Å²) in [6.07, 6.45) is 3.59. The summed E-state index contributed by atoms with van der Waals surface area (Å²) in [5.74, 6) is 1.84. The van der Waals surface area contributed by atoms with Crippen LogP contribution >= 0.6 is 0 Å². The van der Waals surface area contributed by atoms with Crippen LogP contribution in [-0.2, 0) is 11.3 Å². The Kier molecular flexibility index (Phi) is 4.61. The van der Waals surface area contributed by atoms with Gasteiger partial charge in [0.15, 0.2) is 11.5 Å². The van der Waals surface area contributed by atoms with Gasteiger partial charge in [-0.15, -0.1) is 0 Å². The number of rotatable bonds is 5. The lowest BCUT2D eigenvalue weighted by Gasteiger charge is -2.19. The van der Waals surface area contributed by atoms with Crippen LogP contribution in [0.1, 0.15) is 11.4 Å². The predicted octanol–water partition coefficient (Wildman–Crippen LogP) is 3.18. The zero-order valence-corrected chi connectivity index (χ0v) is 14.9. The number of nitrogens with one attached hydrogen (secondary N) is 2. The van der Waals surface area contributed by atoms with E-state index in [-0.39, 0.29) is 12.5 Å². The minimum Gasteiger partial charge on any atom is -0.493 e. The van der Waals surface area contributed by atoms with Gasteiger partial charge in [0.2, 0.25) is 0 Å². The van der Waals surface area contributed by atoms with Crippen molar-refractivity contribution in [3.8, 4) is 22.8 Å². The number of amides is 1. The molecule has 0 atom stereocenters. The van der Waals surface area contributed by atoms with Gasteiger partial charge in [-0.1, -0.05) is 42.5 Å². The highest BCUT2D eigenvalue weighted by molar-refractivity contribution is 5.99. The van der Waals surface area contributed by atoms with Crippen LogP contribution in [-0.4, -0.2) is 29.6 Å². The summed E-state index contributed by atoms with van der Waals surface area (Å²) in [4.78, 5) is 20.0. The Morgan fingerprint density at radius 2 is 2.07 bits per heavy atom. The van der Waals surface area contributed by atoms with E-state index in [9.17, 15) is 4.79 Å². The van der Waals surface area contributed by atoms with Crippen molar-refractivity contribution in [1.29, 1.82) is 0 Å². The Labute approximate surface area is 156 Å². The third-order valence-corrected chi connectivity index (χ3v) is 4.35. The molecule has 2 heterocycles. The van der Waals surface area contributed by atoms with Crippen LogP contribution in [0, 0.1) is 0 Å². The lowest BCUT2D eigenvalue weighted by Crippen LogP contribution is -2.28. The van der Waals surface area contributed by atoms with E-state index in [1.807, 2.05) is 54.6 Å². The summed E-state index contributed by atoms with van der Waals surface area (Å²) in [7, 11) is 1.60. The first-order valence-corrected chi connectivity index (χ1v) is 8.62. The molecule has 0 saturated heterocycles. The fourth-order valence-corrected chi connectivity index (χ4v) is 2.97. The quantitative estimate of drug-likeness (QED) is 0.732. The fraction of sp³-hybridized carbons (Fsp3) is 0.143. The Morgan fingerprint density at radius 3 is 2.89 bits per heavy atom. The number of ether oxygens (including phenoxy) is 2. The van der Waals surface area contributed by atoms with Crippen LogP contribution in [0.25, 0.3) is 17.3 Å². The molecule has 0 unspecified atom stereocenters. The minimum atomic E-state index is -0.180. The number of hydrogen-bond donors (Lipinski definition) is 2. The van der Waals surface area contributed by atoms with Crippen molar-refractivity contribution in [1.82, 2.24) is 15.3 Å². The Hall–Kier alpha value is -3.54. The molecule has 1 amide bonds. The molecule has 27 heavy (non-hydrogen) atoms. The second kappa shape index (κ2) is 7.37. The highest BCUT2D eigenvalue weighted by atomic mass is 16.5. The number of fused-ring (bicyclic) bond motifs is 1. The zero-order chi connectivity index (χ0) is 18.6. The topological polar surface area (TPSA) is 76.2 Å². The number of H-pyrrole nitrogens is 1. The van der Waals surface area contributed by atoms with Gasteiger partial charge in [-0.3, -0.25) is 4.79 Å². The van der Waals surface area contributed by atoms with Gasteiger partial charge in [-0.25, -0.2) is 4.98 Å². The molecule has 3 aromatic rings. The van der Waals surface area contributed by atoms with Crippen LogP contribution < -0.4 is 14.8 Å². The zero-order valence-electron chi connectivity index (χ0n) is 14.9. The number of carbonyl (C=O) groups is 1. The number of aromatic nitrogens is 2. The van der Waals surface area contributed by atoms with E-state index >= 15 is 0 Å². The first-order valence-electron chi connectivity index (χ1n) is 8.62. The average Bonchev–Trinajstić information content (AvgIpc) is 3.21. The Balaban J connectivity index is 1.43. The van der Waals surface area contributed by atoms with E-state index in [0.29, 0.717) is 29.4 Å². The molecule has 0 bridgehead atoms. The highest BCUT2D eigenvalue weighted by Gasteiger charge is 2.20. The molecule has 6 heteroatoms. The summed E-state index contributed by atoms with van der Waals surface area (Å²) in [6.45, 7) is 0.514. The number of imidazole rings is 1. The second-order valence-corrected chi connectivity index (χ2v) is 6.13. The van der Waals surface area contributed by atoms with Crippen LogP contribution in [0.4, 0.5) is 0 Å². The van der Waals surface area contributed by atoms with E-state index in [1.54, 1.807) is 13.3 Å². The number of aromatic amines is 1. The molecular weight excluding hydrogens is 342 g/mol. The fourth-order valence-electron chi connectivity index (χ4n) is 2.97. The molecule has 4 rings (SSSR count). The van der Waals surface area contributed by atoms with Crippen molar-refractivity contribution in [2.45, 2.75) is 6.54 Å². The van der Waals surface area contributed by atoms with Gasteiger partial charge in [0, 0.05) is 5.56 Å². The summed E-state index contributed by atoms with van der Waals surface area (Å²) in [5.41, 5.74) is 3.36. The van der Waals surface area contributed by atoms with Crippen molar-refractivity contribution in [3.05, 3.63) is 71.7 Å². The average molecular weight is 361 g/mol. The molecular formula is C21H19N3O3. The lowest BCUT2D eigenvalue weighted by molar-refractivity contribution is -0.118. The molecule has 2 aromatic carbocycles. The Bertz CT molecular complexity index is 993. The molecule has 1 aliphatic rings. The molecule has 1 aliphatic heterocycles. The molecule has 0 radical (unpaired) electrons. The largest absolute Gasteiger partial charge is 0.493 e. The molecule has 2 N–H and O–H groups in total. The first kappa shape index (κ1) is 16.9. The lowest BCUT2D eigenvalue weighted by atomic mass is 10.1. The molecule has 6 nitrogen and oxygen atoms in total. The van der Waals surface area contributed by atoms with Crippen molar-refractivity contribution in [2.24, 2.45) is 0 Å². The number of nitrogens with zero attached hydrogens (tertiary/aromatic N) is 1. The summed E-state index contributed by atoms with van der Waals surface area (Å²) >= 11 is 0. The van der Waals surface area contributed by atoms with Crippen molar-refractivity contribution < 1.29 is 14.3 Å². The molecule has 1 aromatic heterocycles. The second-order valence-electron chi connectivity index (χ2n) is 6.13. The van der Waals surface area contributed by atoms with E-state index in [1.165, 1.54) is 0 Å². The maximum absolute atomic E-state index is 12.5. The van der Waals surface area contributed by atoms with Gasteiger partial charge in [0.25, 0.3) is 5.91 Å². The standard InChI is InChI=1S/C21H19N3O3/c1-26-18-9-5-8-15-10-16(13-27-20(15)18)21(25)23-12-19-22-11-17(24-19)14-6-3-2-4-7-14/h2-11H,12-13H2,1H3,(H,22,24)(H,23,25). The van der Waals surface area contributed by atoms with Crippen LogP contribution in [0.2, 0.25) is 0 Å². The SMILES string of the molecule is COc1cccc2c1OCC(C(=O)NCc1ncc(-c3ccccc3)[nH]1)=C2. The van der Waals surface area contributed by atoms with Gasteiger partial charge < -0.3 is 19.8 Å². The van der Waals surface area contributed by atoms with Gasteiger partial charge in [0.1, 0.15) is 12.4 Å². The van der Waals surface area contributed by atoms with Crippen LogP contribution in [0.3, 0.4) is 0 Å². The van der Waals surface area contributed by atoms with Crippen LogP contribution in [0.15, 0.2) is 60.3 Å². The minimum absolute atomic E-state index is 0.180. The first-order chi connectivity index (χ1) is 13.2. The maximum atomic E-state index is 12.5. The number of methoxy groups -OCH3 is 1. The molecule has 0 aliphatic carbocycles. The van der Waals surface area contributed by atoms with E-state index < -0.39 is 0 Å². The van der Waals surface area contributed by atoms with Gasteiger partial charge in [-0.05, 0) is 17.7 Å². The van der Waals surface area contributed by atoms with E-state index in [0.717, 1.165) is 16.8 Å². The summed E-state index contributed by atoms with van der Waals surface area (Å²) < 4.78 is 11.0. The smallest absolute Gasteiger partial charge is 0.251 e. The molecule has 0 saturated carbocycles. The Morgan fingerprint density at radius 1 is 1.22 bits per heavy atom. The van der Waals surface area contributed by atoms with E-state index in [2.05, 4.69) is 15.3 Å². The molecule has 136 valence electrons. The van der Waals surface area contributed by atoms with Gasteiger partial charge in [-0.2, -0.15) is 0 Å². The number of benzene rings is 2. The molecule has 0 spiro atoms. The monoisotopic (exact) mass is 361 g/mol. The van der Waals surface area contributed by atoms with Crippen molar-refractivity contribution >= 4 is 12.0 Å². The predicted molar refractivity (Wildman–Crippen MR) is 102 cm³/mol. The number of para-hydroxylation sites is 1. The van der Waals surface area contributed by atoms with E-state index in [4.69, 9.17) is 9.47 Å².